The number of Topliss-reactive ketones (excluding diaryl/α,β-unsaturated/α-hetero) is 1. The van der Waals surface area contributed by atoms with Crippen molar-refractivity contribution in [3.63, 3.8) is 0 Å². The fourth-order valence-electron chi connectivity index (χ4n) is 8.49. The Balaban J connectivity index is 1.51. The molecule has 5 atom stereocenters. The number of ketones is 1. The number of benzene rings is 3. The highest BCUT2D eigenvalue weighted by molar-refractivity contribution is 6.04. The molecule has 0 bridgehead atoms. The maximum Gasteiger partial charge on any atom is 0.407 e. The number of hydrogen-bond acceptors (Lipinski definition) is 7. The van der Waals surface area contributed by atoms with E-state index in [0.717, 1.165) is 25.8 Å². The number of ether oxygens (including phenoxy) is 1. The van der Waals surface area contributed by atoms with E-state index in [1.165, 1.54) is 48.6 Å². The highest BCUT2D eigenvalue weighted by atomic mass is 16.5. The van der Waals surface area contributed by atoms with Crippen molar-refractivity contribution in [3.05, 3.63) is 119 Å². The standard InChI is InChI=1S/C47H62N4O6/c1-5-32-57-46(55)49-31-29-40(50-44(53)42(33(3)6-2)51(4)45(54)41-24-17-30-48-41)43(52)38-22-15-16-23-39(38)47(56,36-20-13-10-14-21-36)37-27-25-35(26-28-37)34-18-11-8-7-9-12-19-34/h5,10,13-16,20-23,25-28,33-34,40-42,48,56H,1,6-9,11-12,17-19,24,29-32H2,2-4H3,(H,49,55)(H,50,53). The number of alkyl carbamates (subject to hydrolysis) is 1. The number of likely N-dealkylation sites (N-methyl/N-ethyl adjacent to an activating group) is 1. The lowest BCUT2D eigenvalue weighted by Gasteiger charge is -2.35. The summed E-state index contributed by atoms with van der Waals surface area (Å²) in [5, 5.41) is 22.0. The number of carbonyl (C=O) groups is 4. The van der Waals surface area contributed by atoms with Crippen LogP contribution < -0.4 is 16.0 Å². The summed E-state index contributed by atoms with van der Waals surface area (Å²) in [5.74, 6) is -0.820. The molecule has 4 N–H and O–H groups in total. The smallest absolute Gasteiger partial charge is 0.407 e. The second-order valence-corrected chi connectivity index (χ2v) is 15.7. The van der Waals surface area contributed by atoms with Gasteiger partial charge in [-0.3, -0.25) is 14.4 Å². The van der Waals surface area contributed by atoms with Crippen LogP contribution in [0.15, 0.2) is 91.5 Å². The molecular formula is C47H62N4O6. The van der Waals surface area contributed by atoms with Gasteiger partial charge in [0.25, 0.3) is 0 Å². The molecule has 1 saturated heterocycles. The Labute approximate surface area is 338 Å². The van der Waals surface area contributed by atoms with Crippen molar-refractivity contribution in [1.29, 1.82) is 0 Å². The van der Waals surface area contributed by atoms with Crippen LogP contribution >= 0.6 is 0 Å². The summed E-state index contributed by atoms with van der Waals surface area (Å²) in [7, 11) is 1.64. The van der Waals surface area contributed by atoms with Crippen LogP contribution in [0.2, 0.25) is 0 Å². The number of hydrogen-bond donors (Lipinski definition) is 4. The monoisotopic (exact) mass is 778 g/mol. The van der Waals surface area contributed by atoms with Crippen LogP contribution in [0.5, 0.6) is 0 Å². The van der Waals surface area contributed by atoms with Gasteiger partial charge in [-0.15, -0.1) is 0 Å². The van der Waals surface area contributed by atoms with E-state index in [1.54, 1.807) is 31.3 Å². The lowest BCUT2D eigenvalue weighted by Crippen LogP contribution is -2.57. The van der Waals surface area contributed by atoms with Crippen molar-refractivity contribution >= 4 is 23.7 Å². The first-order chi connectivity index (χ1) is 27.6. The lowest BCUT2D eigenvalue weighted by molar-refractivity contribution is -0.142. The molecule has 1 heterocycles. The molecule has 306 valence electrons. The molecule has 57 heavy (non-hydrogen) atoms. The molecule has 0 aromatic heterocycles. The first kappa shape index (κ1) is 43.3. The maximum absolute atomic E-state index is 15.0. The molecule has 1 aliphatic carbocycles. The zero-order valence-electron chi connectivity index (χ0n) is 34.0. The molecule has 2 aliphatic rings. The third-order valence-corrected chi connectivity index (χ3v) is 11.9. The number of amides is 3. The Morgan fingerprint density at radius 2 is 1.56 bits per heavy atom. The Morgan fingerprint density at radius 1 is 0.912 bits per heavy atom. The van der Waals surface area contributed by atoms with Crippen LogP contribution in [0.25, 0.3) is 0 Å². The molecule has 3 amide bonds. The van der Waals surface area contributed by atoms with Crippen LogP contribution in [0.3, 0.4) is 0 Å². The fraction of sp³-hybridized carbons (Fsp3) is 0.489. The van der Waals surface area contributed by atoms with Gasteiger partial charge in [0.1, 0.15) is 18.2 Å². The topological polar surface area (TPSA) is 137 Å². The quantitative estimate of drug-likeness (QED) is 0.0638. The van der Waals surface area contributed by atoms with Crippen molar-refractivity contribution in [3.8, 4) is 0 Å². The Kier molecular flexibility index (Phi) is 16.0. The zero-order valence-corrected chi connectivity index (χ0v) is 34.0. The van der Waals surface area contributed by atoms with Crippen LogP contribution in [0.4, 0.5) is 4.79 Å². The first-order valence-electron chi connectivity index (χ1n) is 20.9. The fourth-order valence-corrected chi connectivity index (χ4v) is 8.49. The maximum atomic E-state index is 15.0. The van der Waals surface area contributed by atoms with Gasteiger partial charge in [-0.2, -0.15) is 0 Å². The zero-order chi connectivity index (χ0) is 40.8. The SMILES string of the molecule is C=CCOC(=O)NCCC(NC(=O)C(C(C)CC)N(C)C(=O)C1CCCN1)C(=O)c1ccccc1C(O)(c1ccccc1)c1ccc(C2CCCCCCC2)cc1. The van der Waals surface area contributed by atoms with E-state index < -0.39 is 35.5 Å². The molecule has 3 aromatic carbocycles. The Bertz CT molecular complexity index is 1780. The molecule has 5 unspecified atom stereocenters. The Hall–Kier alpha value is -4.80. The molecule has 1 aliphatic heterocycles. The molecule has 10 nitrogen and oxygen atoms in total. The van der Waals surface area contributed by atoms with E-state index in [2.05, 4.69) is 34.7 Å². The van der Waals surface area contributed by atoms with E-state index in [0.29, 0.717) is 35.4 Å². The minimum absolute atomic E-state index is 0.00910. The van der Waals surface area contributed by atoms with Gasteiger partial charge in [0.15, 0.2) is 5.78 Å². The van der Waals surface area contributed by atoms with Gasteiger partial charge < -0.3 is 30.7 Å². The first-order valence-corrected chi connectivity index (χ1v) is 20.9. The third-order valence-electron chi connectivity index (χ3n) is 11.9. The molecule has 1 saturated carbocycles. The second-order valence-electron chi connectivity index (χ2n) is 15.7. The van der Waals surface area contributed by atoms with Gasteiger partial charge >= 0.3 is 6.09 Å². The van der Waals surface area contributed by atoms with E-state index in [-0.39, 0.29) is 43.0 Å². The number of aliphatic hydroxyl groups is 1. The molecule has 0 spiro atoms. The van der Waals surface area contributed by atoms with E-state index >= 15 is 0 Å². The van der Waals surface area contributed by atoms with Crippen molar-refractivity contribution < 1.29 is 29.0 Å². The van der Waals surface area contributed by atoms with Gasteiger partial charge in [-0.1, -0.05) is 144 Å². The minimum atomic E-state index is -1.73. The highest BCUT2D eigenvalue weighted by Gasteiger charge is 2.40. The molecule has 5 rings (SSSR count). The predicted octanol–water partition coefficient (Wildman–Crippen LogP) is 7.39. The van der Waals surface area contributed by atoms with E-state index in [9.17, 15) is 24.3 Å². The van der Waals surface area contributed by atoms with Crippen LogP contribution in [-0.2, 0) is 19.9 Å². The van der Waals surface area contributed by atoms with Gasteiger partial charge in [-0.25, -0.2) is 4.79 Å². The normalized spacial score (nSPS) is 18.8. The largest absolute Gasteiger partial charge is 0.445 e. The number of carbonyl (C=O) groups excluding carboxylic acids is 4. The van der Waals surface area contributed by atoms with E-state index in [1.807, 2.05) is 56.3 Å². The molecule has 0 radical (unpaired) electrons. The number of nitrogens with zero attached hydrogens (tertiary/aromatic N) is 1. The van der Waals surface area contributed by atoms with Gasteiger partial charge in [0, 0.05) is 24.7 Å². The number of rotatable bonds is 17. The summed E-state index contributed by atoms with van der Waals surface area (Å²) < 4.78 is 5.09. The summed E-state index contributed by atoms with van der Waals surface area (Å²) in [6.45, 7) is 8.22. The highest BCUT2D eigenvalue weighted by Crippen LogP contribution is 2.40. The van der Waals surface area contributed by atoms with Crippen LogP contribution in [-0.4, -0.2) is 78.6 Å². The molecule has 3 aromatic rings. The third kappa shape index (κ3) is 10.8. The average molecular weight is 779 g/mol. The molecular weight excluding hydrogens is 717 g/mol. The lowest BCUT2D eigenvalue weighted by atomic mass is 9.76. The van der Waals surface area contributed by atoms with Gasteiger partial charge in [0.2, 0.25) is 11.8 Å². The van der Waals surface area contributed by atoms with Crippen molar-refractivity contribution in [1.82, 2.24) is 20.9 Å². The second kappa shape index (κ2) is 21.1. The minimum Gasteiger partial charge on any atom is -0.445 e. The van der Waals surface area contributed by atoms with Gasteiger partial charge in [-0.05, 0) is 67.2 Å². The van der Waals surface area contributed by atoms with Crippen LogP contribution in [0, 0.1) is 5.92 Å². The van der Waals surface area contributed by atoms with E-state index in [4.69, 9.17) is 4.74 Å². The summed E-state index contributed by atoms with van der Waals surface area (Å²) in [6, 6.07) is 22.1. The summed E-state index contributed by atoms with van der Waals surface area (Å²) >= 11 is 0. The number of nitrogens with one attached hydrogen (secondary N) is 3. The average Bonchev–Trinajstić information content (AvgIpc) is 3.77. The van der Waals surface area contributed by atoms with Gasteiger partial charge in [0.05, 0.1) is 12.1 Å². The summed E-state index contributed by atoms with van der Waals surface area (Å²) in [4.78, 5) is 56.8. The predicted molar refractivity (Wildman–Crippen MR) is 224 cm³/mol. The molecule has 10 heteroatoms. The van der Waals surface area contributed by atoms with Crippen molar-refractivity contribution in [2.45, 2.75) is 114 Å². The summed E-state index contributed by atoms with van der Waals surface area (Å²) in [5.41, 5.74) is 1.34. The molecule has 2 fully saturated rings. The van der Waals surface area contributed by atoms with Crippen molar-refractivity contribution in [2.75, 3.05) is 26.7 Å². The summed E-state index contributed by atoms with van der Waals surface area (Å²) in [6.07, 6.45) is 11.5. The van der Waals surface area contributed by atoms with Crippen molar-refractivity contribution in [2.24, 2.45) is 5.92 Å². The van der Waals surface area contributed by atoms with Crippen LogP contribution in [0.1, 0.15) is 123 Å². The Morgan fingerprint density at radius 3 is 2.21 bits per heavy atom.